The second kappa shape index (κ2) is 4.24. The first-order valence-electron chi connectivity index (χ1n) is 4.75. The van der Waals surface area contributed by atoms with Crippen LogP contribution in [0.4, 0.5) is 15.8 Å². The number of anilines is 2. The second-order valence-electron chi connectivity index (χ2n) is 3.56. The third-order valence-corrected chi connectivity index (χ3v) is 2.67. The van der Waals surface area contributed by atoms with Gasteiger partial charge in [-0.25, -0.2) is 4.39 Å². The lowest BCUT2D eigenvalue weighted by Gasteiger charge is -2.14. The minimum Gasteiger partial charge on any atom is -0.397 e. The number of ether oxygens (including phenoxy) is 1. The summed E-state index contributed by atoms with van der Waals surface area (Å²) in [5.74, 6) is -0.465. The van der Waals surface area contributed by atoms with Crippen molar-refractivity contribution in [3.05, 3.63) is 23.0 Å². The van der Waals surface area contributed by atoms with Crippen molar-refractivity contribution in [2.45, 2.75) is 12.5 Å². The first-order valence-corrected chi connectivity index (χ1v) is 5.13. The van der Waals surface area contributed by atoms with E-state index in [1.54, 1.807) is 0 Å². The Hall–Kier alpha value is -1.00. The van der Waals surface area contributed by atoms with Gasteiger partial charge < -0.3 is 15.8 Å². The van der Waals surface area contributed by atoms with E-state index in [2.05, 4.69) is 5.32 Å². The third-order valence-electron chi connectivity index (χ3n) is 2.38. The highest BCUT2D eigenvalue weighted by Gasteiger charge is 2.16. The summed E-state index contributed by atoms with van der Waals surface area (Å²) in [7, 11) is 0. The van der Waals surface area contributed by atoms with Gasteiger partial charge in [0.1, 0.15) is 5.82 Å². The molecule has 1 fully saturated rings. The van der Waals surface area contributed by atoms with E-state index >= 15 is 0 Å². The van der Waals surface area contributed by atoms with E-state index in [0.717, 1.165) is 13.0 Å². The monoisotopic (exact) mass is 230 g/mol. The highest BCUT2D eigenvalue weighted by atomic mass is 35.5. The lowest BCUT2D eigenvalue weighted by Crippen LogP contribution is -2.19. The molecule has 1 heterocycles. The van der Waals surface area contributed by atoms with Crippen LogP contribution in [0.5, 0.6) is 0 Å². The molecule has 0 spiro atoms. The van der Waals surface area contributed by atoms with E-state index in [0.29, 0.717) is 18.0 Å². The second-order valence-corrected chi connectivity index (χ2v) is 3.97. The Morgan fingerprint density at radius 1 is 1.53 bits per heavy atom. The zero-order valence-electron chi connectivity index (χ0n) is 8.09. The molecular weight excluding hydrogens is 219 g/mol. The molecule has 1 unspecified atom stereocenters. The molecule has 15 heavy (non-hydrogen) atoms. The highest BCUT2D eigenvalue weighted by molar-refractivity contribution is 6.31. The van der Waals surface area contributed by atoms with Crippen molar-refractivity contribution in [2.75, 3.05) is 24.3 Å². The van der Waals surface area contributed by atoms with Crippen LogP contribution in [0.2, 0.25) is 5.02 Å². The molecule has 82 valence electrons. The Morgan fingerprint density at radius 3 is 3.00 bits per heavy atom. The Labute approximate surface area is 92.4 Å². The standard InChI is InChI=1S/C10H12ClFN2O/c11-7-3-9(13)10(4-8(7)12)14-6-1-2-15-5-6/h3-4,6,14H,1-2,5,13H2. The largest absolute Gasteiger partial charge is 0.397 e. The molecule has 3 N–H and O–H groups in total. The fourth-order valence-corrected chi connectivity index (χ4v) is 1.73. The normalized spacial score (nSPS) is 20.5. The summed E-state index contributed by atoms with van der Waals surface area (Å²) >= 11 is 5.60. The van der Waals surface area contributed by atoms with E-state index in [9.17, 15) is 4.39 Å². The van der Waals surface area contributed by atoms with Crippen LogP contribution in [0.1, 0.15) is 6.42 Å². The molecule has 1 aromatic rings. The van der Waals surface area contributed by atoms with Gasteiger partial charge in [-0.1, -0.05) is 11.6 Å². The average Bonchev–Trinajstić information content (AvgIpc) is 2.67. The maximum absolute atomic E-state index is 13.2. The van der Waals surface area contributed by atoms with Gasteiger partial charge in [0.25, 0.3) is 0 Å². The molecule has 0 saturated carbocycles. The minimum atomic E-state index is -0.465. The average molecular weight is 231 g/mol. The van der Waals surface area contributed by atoms with Crippen molar-refractivity contribution in [1.82, 2.24) is 0 Å². The van der Waals surface area contributed by atoms with E-state index in [-0.39, 0.29) is 11.1 Å². The SMILES string of the molecule is Nc1cc(Cl)c(F)cc1NC1CCOC1. The van der Waals surface area contributed by atoms with Gasteiger partial charge in [-0.15, -0.1) is 0 Å². The molecule has 1 aromatic carbocycles. The fourth-order valence-electron chi connectivity index (χ4n) is 1.56. The van der Waals surface area contributed by atoms with Gasteiger partial charge in [0, 0.05) is 12.7 Å². The highest BCUT2D eigenvalue weighted by Crippen LogP contribution is 2.27. The minimum absolute atomic E-state index is 0.0423. The van der Waals surface area contributed by atoms with Gasteiger partial charge in [0.2, 0.25) is 0 Å². The van der Waals surface area contributed by atoms with Crippen molar-refractivity contribution < 1.29 is 9.13 Å². The number of rotatable bonds is 2. The topological polar surface area (TPSA) is 47.3 Å². The Bertz CT molecular complexity index is 367. The quantitative estimate of drug-likeness (QED) is 0.767. The van der Waals surface area contributed by atoms with Crippen molar-refractivity contribution in [3.8, 4) is 0 Å². The molecular formula is C10H12ClFN2O. The van der Waals surface area contributed by atoms with Gasteiger partial charge in [-0.3, -0.25) is 0 Å². The Kier molecular flexibility index (Phi) is 2.98. The molecule has 0 aliphatic carbocycles. The van der Waals surface area contributed by atoms with Gasteiger partial charge >= 0.3 is 0 Å². The smallest absolute Gasteiger partial charge is 0.143 e. The van der Waals surface area contributed by atoms with Crippen LogP contribution < -0.4 is 11.1 Å². The van der Waals surface area contributed by atoms with Crippen LogP contribution in [-0.4, -0.2) is 19.3 Å². The van der Waals surface area contributed by atoms with E-state index in [1.165, 1.54) is 12.1 Å². The predicted molar refractivity (Wildman–Crippen MR) is 58.7 cm³/mol. The van der Waals surface area contributed by atoms with Gasteiger partial charge in [-0.05, 0) is 12.5 Å². The predicted octanol–water partition coefficient (Wildman–Crippen LogP) is 2.26. The summed E-state index contributed by atoms with van der Waals surface area (Å²) in [6.07, 6.45) is 0.906. The molecule has 1 saturated heterocycles. The summed E-state index contributed by atoms with van der Waals surface area (Å²) in [4.78, 5) is 0. The summed E-state index contributed by atoms with van der Waals surface area (Å²) in [6, 6.07) is 2.93. The zero-order valence-corrected chi connectivity index (χ0v) is 8.85. The molecule has 1 aliphatic rings. The van der Waals surface area contributed by atoms with E-state index in [4.69, 9.17) is 22.1 Å². The lowest BCUT2D eigenvalue weighted by molar-refractivity contribution is 0.195. The third kappa shape index (κ3) is 2.33. The number of nitrogen functional groups attached to an aromatic ring is 1. The number of hydrogen-bond donors (Lipinski definition) is 2. The Morgan fingerprint density at radius 2 is 2.33 bits per heavy atom. The maximum Gasteiger partial charge on any atom is 0.143 e. The van der Waals surface area contributed by atoms with E-state index < -0.39 is 5.82 Å². The zero-order chi connectivity index (χ0) is 10.8. The van der Waals surface area contributed by atoms with E-state index in [1.807, 2.05) is 0 Å². The first-order chi connectivity index (χ1) is 7.16. The van der Waals surface area contributed by atoms with Crippen molar-refractivity contribution in [2.24, 2.45) is 0 Å². The molecule has 1 aliphatic heterocycles. The van der Waals surface area contributed by atoms with Gasteiger partial charge in [0.05, 0.1) is 29.0 Å². The van der Waals surface area contributed by atoms with Crippen LogP contribution in [0.3, 0.4) is 0 Å². The van der Waals surface area contributed by atoms with Gasteiger partial charge in [0.15, 0.2) is 0 Å². The number of hydrogen-bond acceptors (Lipinski definition) is 3. The summed E-state index contributed by atoms with van der Waals surface area (Å²) in [6.45, 7) is 1.36. The van der Waals surface area contributed by atoms with Crippen LogP contribution >= 0.6 is 11.6 Å². The Balaban J connectivity index is 2.16. The maximum atomic E-state index is 13.2. The number of nitrogens with two attached hydrogens (primary N) is 1. The number of nitrogens with one attached hydrogen (secondary N) is 1. The van der Waals surface area contributed by atoms with Crippen LogP contribution in [0.25, 0.3) is 0 Å². The molecule has 0 aromatic heterocycles. The molecule has 3 nitrogen and oxygen atoms in total. The van der Waals surface area contributed by atoms with Crippen molar-refractivity contribution in [1.29, 1.82) is 0 Å². The summed E-state index contributed by atoms with van der Waals surface area (Å²) < 4.78 is 18.4. The molecule has 5 heteroatoms. The van der Waals surface area contributed by atoms with Gasteiger partial charge in [-0.2, -0.15) is 0 Å². The summed E-state index contributed by atoms with van der Waals surface area (Å²) in [5.41, 5.74) is 6.74. The molecule has 0 radical (unpaired) electrons. The molecule has 1 atom stereocenters. The van der Waals surface area contributed by atoms with Crippen LogP contribution in [0, 0.1) is 5.82 Å². The number of halogens is 2. The fraction of sp³-hybridized carbons (Fsp3) is 0.400. The van der Waals surface area contributed by atoms with Crippen LogP contribution in [-0.2, 0) is 4.74 Å². The molecule has 0 amide bonds. The summed E-state index contributed by atoms with van der Waals surface area (Å²) in [5, 5.41) is 3.17. The van der Waals surface area contributed by atoms with Crippen molar-refractivity contribution in [3.63, 3.8) is 0 Å². The lowest BCUT2D eigenvalue weighted by atomic mass is 10.2. The molecule has 2 rings (SSSR count). The van der Waals surface area contributed by atoms with Crippen LogP contribution in [0.15, 0.2) is 12.1 Å². The van der Waals surface area contributed by atoms with Crippen molar-refractivity contribution >= 4 is 23.0 Å². The first kappa shape index (κ1) is 10.5. The number of benzene rings is 1. The molecule has 0 bridgehead atoms.